The number of aliphatic hydroxyl groups is 1. The number of ketones is 1. The summed E-state index contributed by atoms with van der Waals surface area (Å²) in [6, 6.07) is 6.56. The first kappa shape index (κ1) is 20.4. The molecule has 1 fully saturated rings. The van der Waals surface area contributed by atoms with Crippen molar-refractivity contribution in [2.24, 2.45) is 11.8 Å². The molecule has 1 aromatic rings. The van der Waals surface area contributed by atoms with Crippen LogP contribution in [0.1, 0.15) is 38.7 Å². The molecule has 0 bridgehead atoms. The molecule has 0 aliphatic heterocycles. The van der Waals surface area contributed by atoms with Crippen molar-refractivity contribution in [2.75, 3.05) is 13.2 Å². The van der Waals surface area contributed by atoms with Crippen LogP contribution in [0.25, 0.3) is 0 Å². The highest BCUT2D eigenvalue weighted by atomic mass is 35.5. The largest absolute Gasteiger partial charge is 0.466 e. The molecule has 1 N–H and O–H groups in total. The number of hydrogen-bond donors (Lipinski definition) is 1. The summed E-state index contributed by atoms with van der Waals surface area (Å²) in [7, 11) is 0. The van der Waals surface area contributed by atoms with Gasteiger partial charge in [-0.2, -0.15) is 0 Å². The standard InChI is InChI=1S/C19H23ClO6/c1-4-25-17(22)15-13(21)10-19(3,24)16(18(23)26-5-2)14(15)11-7-6-8-12(20)9-11/h6-9,14-16,24H,4-5,10H2,1-3H3/t14-,15+,16-,19+/m1/s1. The number of hydrogen-bond acceptors (Lipinski definition) is 6. The fourth-order valence-electron chi connectivity index (χ4n) is 3.59. The normalized spacial score (nSPS) is 28.5. The Bertz CT molecular complexity index is 699. The van der Waals surface area contributed by atoms with Crippen LogP contribution in [0.3, 0.4) is 0 Å². The van der Waals surface area contributed by atoms with E-state index in [0.29, 0.717) is 10.6 Å². The Morgan fingerprint density at radius 2 is 1.85 bits per heavy atom. The van der Waals surface area contributed by atoms with Crippen LogP contribution in [0.5, 0.6) is 0 Å². The Balaban J connectivity index is 2.61. The molecule has 6 nitrogen and oxygen atoms in total. The number of esters is 2. The fourth-order valence-corrected chi connectivity index (χ4v) is 3.79. The van der Waals surface area contributed by atoms with Crippen molar-refractivity contribution in [3.8, 4) is 0 Å². The summed E-state index contributed by atoms with van der Waals surface area (Å²) in [6.45, 7) is 4.92. The predicted molar refractivity (Wildman–Crippen MR) is 94.7 cm³/mol. The minimum absolute atomic E-state index is 0.103. The molecule has 142 valence electrons. The van der Waals surface area contributed by atoms with Gasteiger partial charge in [0.15, 0.2) is 5.78 Å². The average Bonchev–Trinajstić information content (AvgIpc) is 2.53. The Hall–Kier alpha value is -1.92. The van der Waals surface area contributed by atoms with E-state index in [9.17, 15) is 19.5 Å². The van der Waals surface area contributed by atoms with Crippen molar-refractivity contribution in [1.29, 1.82) is 0 Å². The van der Waals surface area contributed by atoms with Crippen LogP contribution >= 0.6 is 11.6 Å². The molecule has 2 rings (SSSR count). The zero-order valence-electron chi connectivity index (χ0n) is 15.0. The van der Waals surface area contributed by atoms with Gasteiger partial charge in [-0.25, -0.2) is 0 Å². The van der Waals surface area contributed by atoms with Crippen molar-refractivity contribution in [3.05, 3.63) is 34.9 Å². The number of rotatable bonds is 5. The monoisotopic (exact) mass is 382 g/mol. The van der Waals surface area contributed by atoms with Gasteiger partial charge in [-0.15, -0.1) is 0 Å². The van der Waals surface area contributed by atoms with E-state index in [1.165, 1.54) is 6.92 Å². The minimum Gasteiger partial charge on any atom is -0.466 e. The van der Waals surface area contributed by atoms with Gasteiger partial charge < -0.3 is 14.6 Å². The van der Waals surface area contributed by atoms with Crippen LogP contribution in [0.4, 0.5) is 0 Å². The van der Waals surface area contributed by atoms with Crippen LogP contribution in [-0.2, 0) is 23.9 Å². The second-order valence-corrected chi connectivity index (χ2v) is 6.98. The van der Waals surface area contributed by atoms with Crippen molar-refractivity contribution in [3.63, 3.8) is 0 Å². The molecule has 1 aliphatic carbocycles. The molecule has 0 amide bonds. The van der Waals surface area contributed by atoms with E-state index in [2.05, 4.69) is 0 Å². The van der Waals surface area contributed by atoms with E-state index < -0.39 is 41.1 Å². The first-order valence-corrected chi connectivity index (χ1v) is 8.94. The average molecular weight is 383 g/mol. The van der Waals surface area contributed by atoms with Gasteiger partial charge in [-0.3, -0.25) is 14.4 Å². The van der Waals surface area contributed by atoms with E-state index in [1.807, 2.05) is 0 Å². The van der Waals surface area contributed by atoms with Gasteiger partial charge >= 0.3 is 11.9 Å². The molecule has 0 saturated heterocycles. The van der Waals surface area contributed by atoms with Crippen molar-refractivity contribution in [1.82, 2.24) is 0 Å². The lowest BCUT2D eigenvalue weighted by atomic mass is 9.62. The smallest absolute Gasteiger partial charge is 0.317 e. The summed E-state index contributed by atoms with van der Waals surface area (Å²) < 4.78 is 10.2. The molecule has 7 heteroatoms. The van der Waals surface area contributed by atoms with E-state index in [4.69, 9.17) is 21.1 Å². The molecule has 26 heavy (non-hydrogen) atoms. The Labute approximate surface area is 157 Å². The molecule has 1 aromatic carbocycles. The molecule has 1 aliphatic rings. The number of carbonyl (C=O) groups excluding carboxylic acids is 3. The number of benzene rings is 1. The van der Waals surface area contributed by atoms with Gasteiger partial charge in [0, 0.05) is 17.4 Å². The van der Waals surface area contributed by atoms with Crippen LogP contribution in [0.15, 0.2) is 24.3 Å². The summed E-state index contributed by atoms with van der Waals surface area (Å²) in [4.78, 5) is 37.8. The van der Waals surface area contributed by atoms with Crippen molar-refractivity contribution >= 4 is 29.3 Å². The maximum atomic E-state index is 12.7. The quantitative estimate of drug-likeness (QED) is 0.621. The lowest BCUT2D eigenvalue weighted by Gasteiger charge is -2.43. The zero-order valence-corrected chi connectivity index (χ0v) is 15.8. The first-order valence-electron chi connectivity index (χ1n) is 8.56. The summed E-state index contributed by atoms with van der Waals surface area (Å²) >= 11 is 6.07. The highest BCUT2D eigenvalue weighted by Crippen LogP contribution is 2.47. The second kappa shape index (κ2) is 8.18. The van der Waals surface area contributed by atoms with Gasteiger partial charge in [0.2, 0.25) is 0 Å². The highest BCUT2D eigenvalue weighted by Gasteiger charge is 2.57. The van der Waals surface area contributed by atoms with E-state index >= 15 is 0 Å². The lowest BCUT2D eigenvalue weighted by molar-refractivity contribution is -0.172. The van der Waals surface area contributed by atoms with Gasteiger partial charge in [-0.1, -0.05) is 23.7 Å². The van der Waals surface area contributed by atoms with Gasteiger partial charge in [0.25, 0.3) is 0 Å². The molecule has 0 spiro atoms. The summed E-state index contributed by atoms with van der Waals surface area (Å²) in [5.41, 5.74) is -1.15. The third-order valence-electron chi connectivity index (χ3n) is 4.58. The zero-order chi connectivity index (χ0) is 19.5. The van der Waals surface area contributed by atoms with Crippen LogP contribution in [0, 0.1) is 11.8 Å². The fraction of sp³-hybridized carbons (Fsp3) is 0.526. The van der Waals surface area contributed by atoms with Crippen molar-refractivity contribution < 1.29 is 29.0 Å². The topological polar surface area (TPSA) is 89.9 Å². The number of halogens is 1. The predicted octanol–water partition coefficient (Wildman–Crippen LogP) is 2.51. The van der Waals surface area contributed by atoms with Crippen LogP contribution in [-0.4, -0.2) is 41.6 Å². The molecule has 1 saturated carbocycles. The highest BCUT2D eigenvalue weighted by molar-refractivity contribution is 6.30. The van der Waals surface area contributed by atoms with Gasteiger partial charge in [0.1, 0.15) is 5.92 Å². The third-order valence-corrected chi connectivity index (χ3v) is 4.82. The van der Waals surface area contributed by atoms with E-state index in [1.54, 1.807) is 38.1 Å². The number of Topliss-reactive ketones (excluding diaryl/α,β-unsaturated/α-hetero) is 1. The van der Waals surface area contributed by atoms with Gasteiger partial charge in [0.05, 0.1) is 24.7 Å². The van der Waals surface area contributed by atoms with E-state index in [0.717, 1.165) is 0 Å². The maximum Gasteiger partial charge on any atom is 0.317 e. The molecular formula is C19H23ClO6. The lowest BCUT2D eigenvalue weighted by Crippen LogP contribution is -2.55. The third kappa shape index (κ3) is 4.07. The number of carbonyl (C=O) groups is 3. The Morgan fingerprint density at radius 1 is 1.23 bits per heavy atom. The minimum atomic E-state index is -1.65. The van der Waals surface area contributed by atoms with Gasteiger partial charge in [-0.05, 0) is 38.5 Å². The first-order chi connectivity index (χ1) is 12.2. The van der Waals surface area contributed by atoms with E-state index in [-0.39, 0.29) is 19.6 Å². The summed E-state index contributed by atoms with van der Waals surface area (Å²) in [5, 5.41) is 11.2. The molecule has 0 radical (unpaired) electrons. The maximum absolute atomic E-state index is 12.7. The molecule has 0 aromatic heterocycles. The molecule has 0 heterocycles. The van der Waals surface area contributed by atoms with Crippen LogP contribution < -0.4 is 0 Å². The van der Waals surface area contributed by atoms with Crippen molar-refractivity contribution in [2.45, 2.75) is 38.7 Å². The molecular weight excluding hydrogens is 360 g/mol. The summed E-state index contributed by atoms with van der Waals surface area (Å²) in [6.07, 6.45) is -0.336. The molecule has 0 unspecified atom stereocenters. The Kier molecular flexibility index (Phi) is 6.42. The van der Waals surface area contributed by atoms with Crippen LogP contribution in [0.2, 0.25) is 5.02 Å². The summed E-state index contributed by atoms with van der Waals surface area (Å²) in [5.74, 6) is -5.09. The molecule has 4 atom stereocenters. The SMILES string of the molecule is CCOC(=O)[C@H]1C(=O)C[C@](C)(O)[C@@H](C(=O)OCC)[C@@H]1c1cccc(Cl)c1. The second-order valence-electron chi connectivity index (χ2n) is 6.54. The number of ether oxygens (including phenoxy) is 2. The Morgan fingerprint density at radius 3 is 2.42 bits per heavy atom.